The van der Waals surface area contributed by atoms with Crippen LogP contribution in [0.4, 0.5) is 0 Å². The summed E-state index contributed by atoms with van der Waals surface area (Å²) in [6, 6.07) is 12.0. The second kappa shape index (κ2) is 2.86. The zero-order chi connectivity index (χ0) is 9.31. The van der Waals surface area contributed by atoms with Crippen molar-refractivity contribution in [3.63, 3.8) is 0 Å². The number of hydrogen-bond acceptors (Lipinski definition) is 2. The van der Waals surface area contributed by atoms with Gasteiger partial charge < -0.3 is 5.11 Å². The van der Waals surface area contributed by atoms with Crippen molar-refractivity contribution in [2.24, 2.45) is 5.92 Å². The Morgan fingerprint density at radius 1 is 1.46 bits per heavy atom. The molecule has 2 rings (SSSR count). The highest BCUT2D eigenvalue weighted by Crippen LogP contribution is 2.53. The zero-order valence-electron chi connectivity index (χ0n) is 7.27. The van der Waals surface area contributed by atoms with Crippen LogP contribution in [-0.4, -0.2) is 11.7 Å². The molecule has 1 aromatic rings. The number of nitrogens with zero attached hydrogens (tertiary/aromatic N) is 1. The Hall–Kier alpha value is -1.33. The maximum absolute atomic E-state index is 9.05. The quantitative estimate of drug-likeness (QED) is 0.735. The summed E-state index contributed by atoms with van der Waals surface area (Å²) in [5, 5.41) is 18.0. The van der Waals surface area contributed by atoms with Crippen molar-refractivity contribution in [1.29, 1.82) is 5.26 Å². The van der Waals surface area contributed by atoms with Gasteiger partial charge in [-0.25, -0.2) is 0 Å². The largest absolute Gasteiger partial charge is 0.396 e. The Bertz CT molecular complexity index is 341. The van der Waals surface area contributed by atoms with E-state index in [1.165, 1.54) is 0 Å². The van der Waals surface area contributed by atoms with Crippen LogP contribution >= 0.6 is 0 Å². The summed E-state index contributed by atoms with van der Waals surface area (Å²) in [4.78, 5) is 0. The highest BCUT2D eigenvalue weighted by molar-refractivity contribution is 5.41. The molecular formula is C11H11NO. The third kappa shape index (κ3) is 1.13. The average Bonchev–Trinajstić information content (AvgIpc) is 2.94. The van der Waals surface area contributed by atoms with Gasteiger partial charge in [0.1, 0.15) is 0 Å². The van der Waals surface area contributed by atoms with E-state index < -0.39 is 5.41 Å². The number of aliphatic hydroxyl groups is 1. The first-order chi connectivity index (χ1) is 6.33. The van der Waals surface area contributed by atoms with E-state index in [4.69, 9.17) is 10.4 Å². The molecule has 13 heavy (non-hydrogen) atoms. The van der Waals surface area contributed by atoms with Crippen LogP contribution in [0.1, 0.15) is 12.0 Å². The van der Waals surface area contributed by atoms with Crippen LogP contribution in [0, 0.1) is 17.2 Å². The zero-order valence-corrected chi connectivity index (χ0v) is 7.27. The van der Waals surface area contributed by atoms with E-state index in [1.54, 1.807) is 0 Å². The summed E-state index contributed by atoms with van der Waals surface area (Å²) in [7, 11) is 0. The number of rotatable bonds is 2. The Labute approximate surface area is 77.4 Å². The smallest absolute Gasteiger partial charge is 0.0877 e. The normalized spacial score (nSPS) is 30.9. The molecule has 1 aliphatic carbocycles. The second-order valence-corrected chi connectivity index (χ2v) is 3.53. The molecule has 0 radical (unpaired) electrons. The first-order valence-electron chi connectivity index (χ1n) is 4.41. The molecule has 1 saturated carbocycles. The second-order valence-electron chi connectivity index (χ2n) is 3.53. The van der Waals surface area contributed by atoms with Crippen LogP contribution in [0.5, 0.6) is 0 Å². The molecule has 2 atom stereocenters. The molecule has 1 fully saturated rings. The Balaban J connectivity index is 2.32. The van der Waals surface area contributed by atoms with Gasteiger partial charge in [0.15, 0.2) is 0 Å². The molecule has 0 saturated heterocycles. The molecule has 0 bridgehead atoms. The number of nitriles is 1. The molecule has 1 aromatic carbocycles. The van der Waals surface area contributed by atoms with Gasteiger partial charge in [0.05, 0.1) is 11.5 Å². The summed E-state index contributed by atoms with van der Waals surface area (Å²) in [5.41, 5.74) is 0.646. The first kappa shape index (κ1) is 8.28. The van der Waals surface area contributed by atoms with Gasteiger partial charge in [-0.2, -0.15) is 5.26 Å². The van der Waals surface area contributed by atoms with Crippen molar-refractivity contribution < 1.29 is 5.11 Å². The Morgan fingerprint density at radius 3 is 2.62 bits per heavy atom. The fourth-order valence-electron chi connectivity index (χ4n) is 1.84. The van der Waals surface area contributed by atoms with Gasteiger partial charge in [-0.1, -0.05) is 30.3 Å². The molecule has 0 spiro atoms. The minimum atomic E-state index is -0.393. The average molecular weight is 173 g/mol. The lowest BCUT2D eigenvalue weighted by atomic mass is 9.95. The van der Waals surface area contributed by atoms with Crippen LogP contribution < -0.4 is 0 Å². The van der Waals surface area contributed by atoms with E-state index in [-0.39, 0.29) is 12.5 Å². The fraction of sp³-hybridized carbons (Fsp3) is 0.364. The van der Waals surface area contributed by atoms with Crippen LogP contribution in [0.25, 0.3) is 0 Å². The van der Waals surface area contributed by atoms with Gasteiger partial charge in [-0.3, -0.25) is 0 Å². The molecule has 0 amide bonds. The van der Waals surface area contributed by atoms with Gasteiger partial charge in [0.25, 0.3) is 0 Å². The van der Waals surface area contributed by atoms with E-state index in [1.807, 2.05) is 30.3 Å². The first-order valence-corrected chi connectivity index (χ1v) is 4.41. The number of hydrogen-bond donors (Lipinski definition) is 1. The number of benzene rings is 1. The summed E-state index contributed by atoms with van der Waals surface area (Å²) < 4.78 is 0. The third-order valence-electron chi connectivity index (χ3n) is 2.81. The van der Waals surface area contributed by atoms with Crippen molar-refractivity contribution in [3.05, 3.63) is 35.9 Å². The predicted octanol–water partition coefficient (Wildman–Crippen LogP) is 1.46. The molecule has 2 nitrogen and oxygen atoms in total. The van der Waals surface area contributed by atoms with Crippen molar-refractivity contribution in [1.82, 2.24) is 0 Å². The lowest BCUT2D eigenvalue weighted by Crippen LogP contribution is -2.08. The highest BCUT2D eigenvalue weighted by atomic mass is 16.3. The predicted molar refractivity (Wildman–Crippen MR) is 48.9 cm³/mol. The van der Waals surface area contributed by atoms with Gasteiger partial charge in [0, 0.05) is 12.5 Å². The van der Waals surface area contributed by atoms with Crippen molar-refractivity contribution in [2.75, 3.05) is 6.61 Å². The lowest BCUT2D eigenvalue weighted by molar-refractivity contribution is 0.269. The fourth-order valence-corrected chi connectivity index (χ4v) is 1.84. The van der Waals surface area contributed by atoms with Crippen LogP contribution in [0.3, 0.4) is 0 Å². The molecule has 0 unspecified atom stereocenters. The Kier molecular flexibility index (Phi) is 1.82. The molecule has 0 heterocycles. The number of aliphatic hydroxyl groups excluding tert-OH is 1. The highest BCUT2D eigenvalue weighted by Gasteiger charge is 2.55. The third-order valence-corrected chi connectivity index (χ3v) is 2.81. The SMILES string of the molecule is N#C[C@]1(c2ccccc2)C[C@H]1CO. The Morgan fingerprint density at radius 2 is 2.15 bits per heavy atom. The molecule has 0 aromatic heterocycles. The van der Waals surface area contributed by atoms with Crippen molar-refractivity contribution in [2.45, 2.75) is 11.8 Å². The molecule has 1 N–H and O–H groups in total. The van der Waals surface area contributed by atoms with Crippen molar-refractivity contribution >= 4 is 0 Å². The minimum absolute atomic E-state index is 0.114. The molecular weight excluding hydrogens is 162 g/mol. The molecule has 2 heteroatoms. The van der Waals surface area contributed by atoms with Gasteiger partial charge in [0.2, 0.25) is 0 Å². The van der Waals surface area contributed by atoms with E-state index in [0.29, 0.717) is 0 Å². The summed E-state index contributed by atoms with van der Waals surface area (Å²) in [5.74, 6) is 0.139. The molecule has 66 valence electrons. The van der Waals surface area contributed by atoms with Gasteiger partial charge in [-0.15, -0.1) is 0 Å². The van der Waals surface area contributed by atoms with E-state index >= 15 is 0 Å². The monoisotopic (exact) mass is 173 g/mol. The summed E-state index contributed by atoms with van der Waals surface area (Å²) >= 11 is 0. The summed E-state index contributed by atoms with van der Waals surface area (Å²) in [6.45, 7) is 0.114. The van der Waals surface area contributed by atoms with Gasteiger partial charge in [-0.05, 0) is 12.0 Å². The van der Waals surface area contributed by atoms with Crippen LogP contribution in [0.2, 0.25) is 0 Å². The topological polar surface area (TPSA) is 44.0 Å². The standard InChI is InChI=1S/C11H11NO/c12-8-11(6-10(11)7-13)9-4-2-1-3-5-9/h1-5,10,13H,6-7H2/t10-,11-/m0/s1. The lowest BCUT2D eigenvalue weighted by Gasteiger charge is -2.06. The van der Waals surface area contributed by atoms with E-state index in [0.717, 1.165) is 12.0 Å². The maximum Gasteiger partial charge on any atom is 0.0877 e. The van der Waals surface area contributed by atoms with Gasteiger partial charge >= 0.3 is 0 Å². The van der Waals surface area contributed by atoms with Crippen LogP contribution in [0.15, 0.2) is 30.3 Å². The minimum Gasteiger partial charge on any atom is -0.396 e. The summed E-state index contributed by atoms with van der Waals surface area (Å²) in [6.07, 6.45) is 0.796. The van der Waals surface area contributed by atoms with Crippen molar-refractivity contribution in [3.8, 4) is 6.07 Å². The molecule has 0 aliphatic heterocycles. The molecule has 1 aliphatic rings. The van der Waals surface area contributed by atoms with E-state index in [9.17, 15) is 0 Å². The van der Waals surface area contributed by atoms with Crippen LogP contribution in [-0.2, 0) is 5.41 Å². The maximum atomic E-state index is 9.05. The van der Waals surface area contributed by atoms with E-state index in [2.05, 4.69) is 6.07 Å².